The fourth-order valence-corrected chi connectivity index (χ4v) is 2.87. The maximum atomic E-state index is 12.2. The van der Waals surface area contributed by atoms with Crippen LogP contribution in [-0.4, -0.2) is 60.5 Å². The highest BCUT2D eigenvalue weighted by atomic mass is 16.5. The van der Waals surface area contributed by atoms with Crippen LogP contribution in [0, 0.1) is 5.92 Å². The Morgan fingerprint density at radius 3 is 2.24 bits per heavy atom. The summed E-state index contributed by atoms with van der Waals surface area (Å²) in [7, 11) is 0. The number of carbonyl (C=O) groups excluding carboxylic acids is 3. The molecule has 3 amide bonds. The van der Waals surface area contributed by atoms with Crippen LogP contribution in [0.15, 0.2) is 30.3 Å². The molecule has 3 rings (SSSR count). The van der Waals surface area contributed by atoms with Gasteiger partial charge in [0, 0.05) is 31.9 Å². The van der Waals surface area contributed by atoms with Gasteiger partial charge in [-0.25, -0.2) is 4.79 Å². The van der Waals surface area contributed by atoms with Crippen LogP contribution in [0.4, 0.5) is 10.5 Å². The van der Waals surface area contributed by atoms with Crippen LogP contribution in [-0.2, 0) is 14.3 Å². The quantitative estimate of drug-likeness (QED) is 0.843. The molecule has 0 aromatic heterocycles. The highest BCUT2D eigenvalue weighted by Gasteiger charge is 2.29. The Morgan fingerprint density at radius 2 is 1.64 bits per heavy atom. The molecule has 0 radical (unpaired) electrons. The number of hydrogen-bond donors (Lipinski definition) is 1. The summed E-state index contributed by atoms with van der Waals surface area (Å²) in [5.74, 6) is -0.484. The van der Waals surface area contributed by atoms with Crippen LogP contribution < -0.4 is 5.32 Å². The van der Waals surface area contributed by atoms with Crippen molar-refractivity contribution in [2.24, 2.45) is 5.92 Å². The third-order valence-electron chi connectivity index (χ3n) is 4.72. The van der Waals surface area contributed by atoms with E-state index in [2.05, 4.69) is 5.32 Å². The lowest BCUT2D eigenvalue weighted by Crippen LogP contribution is -2.52. The number of para-hydroxylation sites is 1. The summed E-state index contributed by atoms with van der Waals surface area (Å²) in [5, 5.41) is 2.84. The van der Waals surface area contributed by atoms with Crippen LogP contribution in [0.1, 0.15) is 19.3 Å². The Hall–Kier alpha value is -2.57. The van der Waals surface area contributed by atoms with Crippen LogP contribution >= 0.6 is 0 Å². The summed E-state index contributed by atoms with van der Waals surface area (Å²) in [6.07, 6.45) is 2.78. The zero-order valence-electron chi connectivity index (χ0n) is 14.1. The van der Waals surface area contributed by atoms with E-state index in [1.165, 1.54) is 0 Å². The number of nitrogens with zero attached hydrogens (tertiary/aromatic N) is 2. The van der Waals surface area contributed by atoms with Crippen LogP contribution in [0.3, 0.4) is 0 Å². The van der Waals surface area contributed by atoms with Crippen LogP contribution in [0.25, 0.3) is 0 Å². The molecule has 1 aromatic rings. The number of anilines is 1. The number of piperazine rings is 1. The van der Waals surface area contributed by atoms with Gasteiger partial charge in [0.25, 0.3) is 5.91 Å². The number of urea groups is 1. The third kappa shape index (κ3) is 4.49. The second kappa shape index (κ2) is 8.00. The summed E-state index contributed by atoms with van der Waals surface area (Å²) in [5.41, 5.74) is 0.744. The molecular weight excluding hydrogens is 322 g/mol. The van der Waals surface area contributed by atoms with Gasteiger partial charge >= 0.3 is 12.0 Å². The van der Waals surface area contributed by atoms with Gasteiger partial charge < -0.3 is 19.9 Å². The van der Waals surface area contributed by atoms with Crippen LogP contribution in [0.2, 0.25) is 0 Å². The van der Waals surface area contributed by atoms with Gasteiger partial charge in [0.1, 0.15) is 0 Å². The number of ether oxygens (including phenoxy) is 1. The van der Waals surface area contributed by atoms with E-state index in [0.717, 1.165) is 24.9 Å². The van der Waals surface area contributed by atoms with Gasteiger partial charge in [0.05, 0.1) is 5.92 Å². The summed E-state index contributed by atoms with van der Waals surface area (Å²) in [6, 6.07) is 9.09. The monoisotopic (exact) mass is 345 g/mol. The van der Waals surface area contributed by atoms with Gasteiger partial charge in [0.2, 0.25) is 0 Å². The van der Waals surface area contributed by atoms with Crippen molar-refractivity contribution in [2.45, 2.75) is 19.3 Å². The second-order valence-electron chi connectivity index (χ2n) is 6.40. The molecule has 0 unspecified atom stereocenters. The number of hydrogen-bond acceptors (Lipinski definition) is 4. The minimum absolute atomic E-state index is 0.0219. The van der Waals surface area contributed by atoms with E-state index in [1.54, 1.807) is 9.80 Å². The molecule has 1 saturated carbocycles. The van der Waals surface area contributed by atoms with Gasteiger partial charge in [-0.15, -0.1) is 0 Å². The molecule has 2 aliphatic rings. The maximum Gasteiger partial charge on any atom is 0.321 e. The maximum absolute atomic E-state index is 12.2. The van der Waals surface area contributed by atoms with Crippen molar-refractivity contribution in [2.75, 3.05) is 38.1 Å². The molecule has 0 bridgehead atoms. The average molecular weight is 345 g/mol. The molecule has 1 saturated heterocycles. The first-order valence-corrected chi connectivity index (χ1v) is 8.69. The summed E-state index contributed by atoms with van der Waals surface area (Å²) >= 11 is 0. The number of esters is 1. The van der Waals surface area contributed by atoms with E-state index in [0.29, 0.717) is 26.2 Å². The lowest BCUT2D eigenvalue weighted by Gasteiger charge is -2.34. The van der Waals surface area contributed by atoms with Crippen molar-refractivity contribution in [1.29, 1.82) is 0 Å². The molecule has 1 heterocycles. The first kappa shape index (κ1) is 17.3. The highest BCUT2D eigenvalue weighted by Crippen LogP contribution is 2.27. The van der Waals surface area contributed by atoms with E-state index in [9.17, 15) is 14.4 Å². The molecule has 0 atom stereocenters. The standard InChI is InChI=1S/C18H23N3O4/c22-16(13-25-17(23)14-5-4-6-14)20-9-11-21(12-10-20)18(24)19-15-7-2-1-3-8-15/h1-3,7-8,14H,4-6,9-13H2,(H,19,24). The minimum Gasteiger partial charge on any atom is -0.455 e. The number of nitrogens with one attached hydrogen (secondary N) is 1. The van der Waals surface area contributed by atoms with E-state index in [4.69, 9.17) is 4.74 Å². The van der Waals surface area contributed by atoms with Crippen LogP contribution in [0.5, 0.6) is 0 Å². The predicted molar refractivity (Wildman–Crippen MR) is 91.9 cm³/mol. The Kier molecular flexibility index (Phi) is 5.53. The van der Waals surface area contributed by atoms with Crippen molar-refractivity contribution in [3.05, 3.63) is 30.3 Å². The van der Waals surface area contributed by atoms with Gasteiger partial charge in [0.15, 0.2) is 6.61 Å². The highest BCUT2D eigenvalue weighted by molar-refractivity contribution is 5.89. The molecule has 7 nitrogen and oxygen atoms in total. The molecule has 2 fully saturated rings. The van der Waals surface area contributed by atoms with Crippen molar-refractivity contribution >= 4 is 23.6 Å². The summed E-state index contributed by atoms with van der Waals surface area (Å²) < 4.78 is 5.09. The molecule has 0 spiro atoms. The first-order chi connectivity index (χ1) is 12.1. The van der Waals surface area contributed by atoms with Crippen molar-refractivity contribution in [1.82, 2.24) is 9.80 Å². The minimum atomic E-state index is -0.263. The Labute approximate surface area is 146 Å². The normalized spacial score (nSPS) is 17.6. The van der Waals surface area contributed by atoms with Gasteiger partial charge in [-0.05, 0) is 25.0 Å². The van der Waals surface area contributed by atoms with E-state index in [-0.39, 0.29) is 30.4 Å². The number of benzene rings is 1. The molecule has 1 aliphatic carbocycles. The lowest BCUT2D eigenvalue weighted by molar-refractivity contribution is -0.158. The SMILES string of the molecule is O=C(OCC(=O)N1CCN(C(=O)Nc2ccccc2)CC1)C1CCC1. The number of rotatable bonds is 4. The van der Waals surface area contributed by atoms with Gasteiger partial charge in [-0.1, -0.05) is 24.6 Å². The molecular formula is C18H23N3O4. The molecule has 25 heavy (non-hydrogen) atoms. The summed E-state index contributed by atoms with van der Waals surface area (Å²) in [6.45, 7) is 1.61. The van der Waals surface area contributed by atoms with Crippen molar-refractivity contribution in [3.63, 3.8) is 0 Å². The van der Waals surface area contributed by atoms with E-state index in [1.807, 2.05) is 30.3 Å². The Balaban J connectivity index is 1.39. The van der Waals surface area contributed by atoms with E-state index >= 15 is 0 Å². The third-order valence-corrected chi connectivity index (χ3v) is 4.72. The molecule has 1 N–H and O–H groups in total. The predicted octanol–water partition coefficient (Wildman–Crippen LogP) is 1.71. The van der Waals surface area contributed by atoms with E-state index < -0.39 is 0 Å². The zero-order valence-corrected chi connectivity index (χ0v) is 14.1. The van der Waals surface area contributed by atoms with Gasteiger partial charge in [-0.3, -0.25) is 9.59 Å². The number of amides is 3. The largest absolute Gasteiger partial charge is 0.455 e. The smallest absolute Gasteiger partial charge is 0.321 e. The average Bonchev–Trinajstić information content (AvgIpc) is 2.59. The topological polar surface area (TPSA) is 79.0 Å². The van der Waals surface area contributed by atoms with Crippen molar-refractivity contribution < 1.29 is 19.1 Å². The Morgan fingerprint density at radius 1 is 1.00 bits per heavy atom. The summed E-state index contributed by atoms with van der Waals surface area (Å²) in [4.78, 5) is 39.3. The zero-order chi connectivity index (χ0) is 17.6. The fraction of sp³-hybridized carbons (Fsp3) is 0.500. The molecule has 1 aromatic carbocycles. The molecule has 134 valence electrons. The Bertz CT molecular complexity index is 622. The van der Waals surface area contributed by atoms with Crippen molar-refractivity contribution in [3.8, 4) is 0 Å². The second-order valence-corrected chi connectivity index (χ2v) is 6.40. The lowest BCUT2D eigenvalue weighted by atomic mass is 9.86. The number of carbonyl (C=O) groups is 3. The first-order valence-electron chi connectivity index (χ1n) is 8.69. The molecule has 7 heteroatoms. The fourth-order valence-electron chi connectivity index (χ4n) is 2.87. The van der Waals surface area contributed by atoms with Gasteiger partial charge in [-0.2, -0.15) is 0 Å². The molecule has 1 aliphatic heterocycles.